The van der Waals surface area contributed by atoms with Gasteiger partial charge in [-0.25, -0.2) is 0 Å². The third-order valence-electron chi connectivity index (χ3n) is 5.10. The summed E-state index contributed by atoms with van der Waals surface area (Å²) in [5, 5.41) is 0.857. The van der Waals surface area contributed by atoms with E-state index >= 15 is 0 Å². The van der Waals surface area contributed by atoms with Crippen molar-refractivity contribution >= 4 is 11.6 Å². The van der Waals surface area contributed by atoms with E-state index in [4.69, 9.17) is 11.6 Å². The van der Waals surface area contributed by atoms with Crippen LogP contribution in [0, 0.1) is 0 Å². The van der Waals surface area contributed by atoms with Crippen molar-refractivity contribution in [3.05, 3.63) is 34.9 Å². The molecule has 1 aromatic carbocycles. The van der Waals surface area contributed by atoms with Crippen molar-refractivity contribution in [2.75, 3.05) is 19.6 Å². The van der Waals surface area contributed by atoms with Crippen LogP contribution in [0.1, 0.15) is 50.5 Å². The van der Waals surface area contributed by atoms with Crippen molar-refractivity contribution < 1.29 is 0 Å². The lowest BCUT2D eigenvalue weighted by atomic mass is 9.62. The molecule has 0 unspecified atom stereocenters. The number of hydrogen-bond acceptors (Lipinski definition) is 1. The van der Waals surface area contributed by atoms with E-state index in [1.165, 1.54) is 70.1 Å². The average Bonchev–Trinajstić information content (AvgIpc) is 2.87. The summed E-state index contributed by atoms with van der Waals surface area (Å²) in [7, 11) is 0. The van der Waals surface area contributed by atoms with E-state index < -0.39 is 0 Å². The van der Waals surface area contributed by atoms with Crippen molar-refractivity contribution in [1.29, 1.82) is 0 Å². The fourth-order valence-electron chi connectivity index (χ4n) is 3.74. The first-order chi connectivity index (χ1) is 9.28. The van der Waals surface area contributed by atoms with Gasteiger partial charge in [0.15, 0.2) is 0 Å². The minimum atomic E-state index is 0.477. The molecule has 1 aromatic rings. The number of hydrogen-bond donors (Lipinski definition) is 0. The van der Waals surface area contributed by atoms with Gasteiger partial charge in [0.2, 0.25) is 0 Å². The maximum absolute atomic E-state index is 6.01. The predicted octanol–water partition coefficient (Wildman–Crippen LogP) is 4.64. The maximum Gasteiger partial charge on any atom is 0.0406 e. The van der Waals surface area contributed by atoms with E-state index in [-0.39, 0.29) is 0 Å². The number of halogens is 1. The molecule has 1 nitrogen and oxygen atoms in total. The minimum Gasteiger partial charge on any atom is -0.303 e. The van der Waals surface area contributed by atoms with Gasteiger partial charge in [-0.1, -0.05) is 30.2 Å². The largest absolute Gasteiger partial charge is 0.303 e. The van der Waals surface area contributed by atoms with Gasteiger partial charge in [-0.3, -0.25) is 0 Å². The Hall–Kier alpha value is -0.530. The topological polar surface area (TPSA) is 3.24 Å². The van der Waals surface area contributed by atoms with Crippen molar-refractivity contribution in [2.24, 2.45) is 0 Å². The van der Waals surface area contributed by atoms with E-state index in [1.54, 1.807) is 0 Å². The quantitative estimate of drug-likeness (QED) is 0.758. The molecule has 19 heavy (non-hydrogen) atoms. The second kappa shape index (κ2) is 5.85. The Bertz CT molecular complexity index is 402. The summed E-state index contributed by atoms with van der Waals surface area (Å²) in [6, 6.07) is 8.60. The Morgan fingerprint density at radius 1 is 1.00 bits per heavy atom. The Morgan fingerprint density at radius 2 is 1.68 bits per heavy atom. The number of benzene rings is 1. The monoisotopic (exact) mass is 277 g/mol. The third-order valence-corrected chi connectivity index (χ3v) is 5.35. The first-order valence-electron chi connectivity index (χ1n) is 7.77. The molecule has 1 aliphatic heterocycles. The van der Waals surface area contributed by atoms with Crippen LogP contribution >= 0.6 is 11.6 Å². The molecule has 0 N–H and O–H groups in total. The van der Waals surface area contributed by atoms with Gasteiger partial charge in [-0.15, -0.1) is 0 Å². The van der Waals surface area contributed by atoms with Crippen LogP contribution in [-0.4, -0.2) is 24.5 Å². The molecule has 2 fully saturated rings. The van der Waals surface area contributed by atoms with Crippen LogP contribution in [0.15, 0.2) is 24.3 Å². The molecule has 0 amide bonds. The first kappa shape index (κ1) is 13.5. The predicted molar refractivity (Wildman–Crippen MR) is 81.9 cm³/mol. The smallest absolute Gasteiger partial charge is 0.0406 e. The van der Waals surface area contributed by atoms with E-state index in [9.17, 15) is 0 Å². The fourth-order valence-corrected chi connectivity index (χ4v) is 3.86. The van der Waals surface area contributed by atoms with Gasteiger partial charge < -0.3 is 4.90 Å². The van der Waals surface area contributed by atoms with Gasteiger partial charge in [0.1, 0.15) is 0 Å². The molecule has 1 aliphatic carbocycles. The van der Waals surface area contributed by atoms with Crippen molar-refractivity contribution in [3.63, 3.8) is 0 Å². The van der Waals surface area contributed by atoms with Gasteiger partial charge in [-0.2, -0.15) is 0 Å². The summed E-state index contributed by atoms with van der Waals surface area (Å²) in [5.41, 5.74) is 1.99. The maximum atomic E-state index is 6.01. The fraction of sp³-hybridized carbons (Fsp3) is 0.647. The lowest BCUT2D eigenvalue weighted by Gasteiger charge is -2.43. The first-order valence-corrected chi connectivity index (χ1v) is 8.15. The van der Waals surface area contributed by atoms with E-state index in [0.717, 1.165) is 5.02 Å². The standard InChI is InChI=1S/C17H24ClN/c18-16-7-5-15(6-8-16)17(9-3-10-17)11-4-14-19-12-1-2-13-19/h5-8H,1-4,9-14H2. The Morgan fingerprint density at radius 3 is 2.26 bits per heavy atom. The van der Waals surface area contributed by atoms with Gasteiger partial charge in [0, 0.05) is 5.02 Å². The molecule has 0 aromatic heterocycles. The molecule has 1 saturated heterocycles. The molecule has 0 spiro atoms. The third kappa shape index (κ3) is 2.98. The highest BCUT2D eigenvalue weighted by Crippen LogP contribution is 2.47. The van der Waals surface area contributed by atoms with Crippen molar-refractivity contribution in [1.82, 2.24) is 4.90 Å². The van der Waals surface area contributed by atoms with Gasteiger partial charge >= 0.3 is 0 Å². The molecular formula is C17H24ClN. The van der Waals surface area contributed by atoms with E-state index in [2.05, 4.69) is 29.2 Å². The summed E-state index contributed by atoms with van der Waals surface area (Å²) in [4.78, 5) is 2.63. The summed E-state index contributed by atoms with van der Waals surface area (Å²) in [6.45, 7) is 3.96. The molecule has 3 rings (SSSR count). The van der Waals surface area contributed by atoms with Crippen LogP contribution in [0.4, 0.5) is 0 Å². The van der Waals surface area contributed by atoms with Gasteiger partial charge in [-0.05, 0) is 81.3 Å². The lowest BCUT2D eigenvalue weighted by molar-refractivity contribution is 0.206. The highest BCUT2D eigenvalue weighted by molar-refractivity contribution is 6.30. The average molecular weight is 278 g/mol. The van der Waals surface area contributed by atoms with E-state index in [1.807, 2.05) is 0 Å². The highest BCUT2D eigenvalue weighted by Gasteiger charge is 2.37. The zero-order chi connectivity index (χ0) is 13.1. The number of nitrogens with zero attached hydrogens (tertiary/aromatic N) is 1. The Balaban J connectivity index is 1.58. The Kier molecular flexibility index (Phi) is 4.14. The molecule has 2 heteroatoms. The van der Waals surface area contributed by atoms with Gasteiger partial charge in [0.25, 0.3) is 0 Å². The summed E-state index contributed by atoms with van der Waals surface area (Å²) in [6.07, 6.45) is 9.65. The lowest BCUT2D eigenvalue weighted by Crippen LogP contribution is -2.35. The molecule has 0 bridgehead atoms. The zero-order valence-corrected chi connectivity index (χ0v) is 12.5. The highest BCUT2D eigenvalue weighted by atomic mass is 35.5. The normalized spacial score (nSPS) is 22.4. The van der Waals surface area contributed by atoms with Gasteiger partial charge in [0.05, 0.1) is 0 Å². The second-order valence-corrected chi connectivity index (χ2v) is 6.73. The van der Waals surface area contributed by atoms with Crippen molar-refractivity contribution in [2.45, 2.75) is 50.4 Å². The van der Waals surface area contributed by atoms with Crippen LogP contribution < -0.4 is 0 Å². The van der Waals surface area contributed by atoms with Crippen LogP contribution in [0.25, 0.3) is 0 Å². The minimum absolute atomic E-state index is 0.477. The van der Waals surface area contributed by atoms with Crippen LogP contribution in [0.5, 0.6) is 0 Å². The molecule has 1 heterocycles. The zero-order valence-electron chi connectivity index (χ0n) is 11.7. The van der Waals surface area contributed by atoms with Crippen LogP contribution in [0.3, 0.4) is 0 Å². The molecule has 104 valence electrons. The second-order valence-electron chi connectivity index (χ2n) is 6.29. The number of likely N-dealkylation sites (tertiary alicyclic amines) is 1. The number of rotatable bonds is 5. The van der Waals surface area contributed by atoms with Crippen LogP contribution in [-0.2, 0) is 5.41 Å². The summed E-state index contributed by atoms with van der Waals surface area (Å²) in [5.74, 6) is 0. The summed E-state index contributed by atoms with van der Waals surface area (Å²) < 4.78 is 0. The molecule has 1 saturated carbocycles. The Labute approximate surface area is 121 Å². The van der Waals surface area contributed by atoms with Crippen LogP contribution in [0.2, 0.25) is 5.02 Å². The SMILES string of the molecule is Clc1ccc(C2(CCCN3CCCC3)CCC2)cc1. The van der Waals surface area contributed by atoms with E-state index in [0.29, 0.717) is 5.41 Å². The molecule has 2 aliphatic rings. The molecular weight excluding hydrogens is 254 g/mol. The molecule has 0 radical (unpaired) electrons. The summed E-state index contributed by atoms with van der Waals surface area (Å²) >= 11 is 6.01. The van der Waals surface area contributed by atoms with Crippen molar-refractivity contribution in [3.8, 4) is 0 Å². The molecule has 0 atom stereocenters.